The molecule has 2 heterocycles. The molecule has 0 saturated carbocycles. The summed E-state index contributed by atoms with van der Waals surface area (Å²) in [5, 5.41) is 0. The second-order valence-corrected chi connectivity index (χ2v) is 9.75. The minimum absolute atomic E-state index is 0.00687. The quantitative estimate of drug-likeness (QED) is 0.682. The van der Waals surface area contributed by atoms with E-state index in [0.717, 1.165) is 25.7 Å². The third-order valence-electron chi connectivity index (χ3n) is 6.43. The van der Waals surface area contributed by atoms with E-state index in [-0.39, 0.29) is 16.2 Å². The highest BCUT2D eigenvalue weighted by Gasteiger charge is 2.56. The van der Waals surface area contributed by atoms with Crippen LogP contribution in [-0.2, 0) is 18.9 Å². The summed E-state index contributed by atoms with van der Waals surface area (Å²) in [4.78, 5) is 0. The van der Waals surface area contributed by atoms with Crippen LogP contribution in [0.4, 0.5) is 0 Å². The first kappa shape index (κ1) is 21.1. The van der Waals surface area contributed by atoms with Crippen molar-refractivity contribution in [2.75, 3.05) is 26.4 Å². The highest BCUT2D eigenvalue weighted by molar-refractivity contribution is 4.96. The van der Waals surface area contributed by atoms with Gasteiger partial charge in [0.2, 0.25) is 0 Å². The summed E-state index contributed by atoms with van der Waals surface area (Å²) in [5.41, 5.74) is -0.256. The Hall–Kier alpha value is -0.160. The Bertz CT molecular complexity index is 431. The Labute approximate surface area is 154 Å². The molecule has 0 bridgehead atoms. The molecule has 1 spiro atoms. The number of hydrogen-bond donors (Lipinski definition) is 0. The van der Waals surface area contributed by atoms with Crippen molar-refractivity contribution in [2.24, 2.45) is 16.2 Å². The Morgan fingerprint density at radius 2 is 1.08 bits per heavy atom. The molecule has 0 aromatic rings. The largest absolute Gasteiger partial charge is 0.349 e. The second kappa shape index (κ2) is 7.10. The van der Waals surface area contributed by atoms with Gasteiger partial charge in [-0.25, -0.2) is 0 Å². The maximum atomic E-state index is 6.43. The molecule has 0 atom stereocenters. The van der Waals surface area contributed by atoms with Gasteiger partial charge in [0.05, 0.1) is 31.8 Å². The standard InChI is InChI=1S/C21H40O4/c1-9-12-18(7,8)21(11-3)24-15-19(16-25-21)13-22-20(10-2,23-14-19)17(4,5)6/h9-16H2,1-8H3. The van der Waals surface area contributed by atoms with Gasteiger partial charge in [-0.15, -0.1) is 0 Å². The van der Waals surface area contributed by atoms with Crippen LogP contribution in [0.1, 0.15) is 81.1 Å². The zero-order valence-electron chi connectivity index (χ0n) is 17.8. The summed E-state index contributed by atoms with van der Waals surface area (Å²) in [6.07, 6.45) is 3.92. The second-order valence-electron chi connectivity index (χ2n) is 9.75. The molecule has 0 radical (unpaired) electrons. The predicted molar refractivity (Wildman–Crippen MR) is 100 cm³/mol. The summed E-state index contributed by atoms with van der Waals surface area (Å²) < 4.78 is 25.5. The lowest BCUT2D eigenvalue weighted by atomic mass is 9.76. The van der Waals surface area contributed by atoms with Crippen LogP contribution in [0.2, 0.25) is 0 Å². The lowest BCUT2D eigenvalue weighted by Crippen LogP contribution is -2.63. The predicted octanol–water partition coefficient (Wildman–Crippen LogP) is 5.15. The van der Waals surface area contributed by atoms with E-state index in [9.17, 15) is 0 Å². The van der Waals surface area contributed by atoms with Gasteiger partial charge in [0.1, 0.15) is 0 Å². The van der Waals surface area contributed by atoms with E-state index in [4.69, 9.17) is 18.9 Å². The first-order valence-corrected chi connectivity index (χ1v) is 10.1. The van der Waals surface area contributed by atoms with Crippen LogP contribution >= 0.6 is 0 Å². The minimum atomic E-state index is -0.515. The van der Waals surface area contributed by atoms with Crippen LogP contribution in [0.25, 0.3) is 0 Å². The van der Waals surface area contributed by atoms with Crippen molar-refractivity contribution < 1.29 is 18.9 Å². The van der Waals surface area contributed by atoms with Crippen LogP contribution in [0.3, 0.4) is 0 Å². The van der Waals surface area contributed by atoms with Crippen molar-refractivity contribution in [3.63, 3.8) is 0 Å². The molecule has 0 unspecified atom stereocenters. The van der Waals surface area contributed by atoms with Gasteiger partial charge in [-0.3, -0.25) is 0 Å². The van der Waals surface area contributed by atoms with E-state index in [2.05, 4.69) is 55.4 Å². The highest BCUT2D eigenvalue weighted by atomic mass is 16.7. The molecule has 4 nitrogen and oxygen atoms in total. The fraction of sp³-hybridized carbons (Fsp3) is 1.00. The fourth-order valence-electron chi connectivity index (χ4n) is 4.47. The average Bonchev–Trinajstić information content (AvgIpc) is 2.55. The molecule has 0 aromatic carbocycles. The zero-order valence-corrected chi connectivity index (χ0v) is 17.8. The molecule has 2 rings (SSSR count). The number of rotatable bonds is 5. The Morgan fingerprint density at radius 3 is 1.40 bits per heavy atom. The Balaban J connectivity index is 2.07. The van der Waals surface area contributed by atoms with Crippen molar-refractivity contribution in [3.05, 3.63) is 0 Å². The van der Waals surface area contributed by atoms with E-state index in [0.29, 0.717) is 26.4 Å². The van der Waals surface area contributed by atoms with Crippen LogP contribution in [-0.4, -0.2) is 38.0 Å². The van der Waals surface area contributed by atoms with Crippen LogP contribution in [0.5, 0.6) is 0 Å². The van der Waals surface area contributed by atoms with Gasteiger partial charge in [0.25, 0.3) is 0 Å². The van der Waals surface area contributed by atoms with Gasteiger partial charge in [0.15, 0.2) is 11.6 Å². The monoisotopic (exact) mass is 356 g/mol. The maximum Gasteiger partial charge on any atom is 0.173 e. The summed E-state index contributed by atoms with van der Waals surface area (Å²) in [7, 11) is 0. The zero-order chi connectivity index (χ0) is 19.0. The average molecular weight is 357 g/mol. The smallest absolute Gasteiger partial charge is 0.173 e. The van der Waals surface area contributed by atoms with Crippen LogP contribution in [0.15, 0.2) is 0 Å². The minimum Gasteiger partial charge on any atom is -0.349 e. The molecular formula is C21H40O4. The van der Waals surface area contributed by atoms with E-state index in [1.54, 1.807) is 0 Å². The summed E-state index contributed by atoms with van der Waals surface area (Å²) in [6.45, 7) is 20.1. The molecule has 2 fully saturated rings. The van der Waals surface area contributed by atoms with Gasteiger partial charge in [-0.05, 0) is 19.3 Å². The van der Waals surface area contributed by atoms with Gasteiger partial charge >= 0.3 is 0 Å². The molecule has 0 aliphatic carbocycles. The fourth-order valence-corrected chi connectivity index (χ4v) is 4.47. The van der Waals surface area contributed by atoms with Crippen molar-refractivity contribution in [3.8, 4) is 0 Å². The maximum absolute atomic E-state index is 6.43. The van der Waals surface area contributed by atoms with Crippen molar-refractivity contribution >= 4 is 0 Å². The number of hydrogen-bond acceptors (Lipinski definition) is 4. The number of ether oxygens (including phenoxy) is 4. The Morgan fingerprint density at radius 1 is 0.680 bits per heavy atom. The molecule has 2 aliphatic rings. The van der Waals surface area contributed by atoms with Gasteiger partial charge < -0.3 is 18.9 Å². The molecular weight excluding hydrogens is 316 g/mol. The van der Waals surface area contributed by atoms with E-state index in [1.807, 2.05) is 0 Å². The third-order valence-corrected chi connectivity index (χ3v) is 6.43. The normalized spacial score (nSPS) is 37.4. The summed E-state index contributed by atoms with van der Waals surface area (Å²) in [5.74, 6) is -1.02. The molecule has 0 N–H and O–H groups in total. The molecule has 2 aliphatic heterocycles. The van der Waals surface area contributed by atoms with E-state index < -0.39 is 11.6 Å². The lowest BCUT2D eigenvalue weighted by Gasteiger charge is -2.56. The first-order chi connectivity index (χ1) is 11.5. The highest BCUT2D eigenvalue weighted by Crippen LogP contribution is 2.49. The van der Waals surface area contributed by atoms with E-state index in [1.165, 1.54) is 0 Å². The lowest BCUT2D eigenvalue weighted by molar-refractivity contribution is -0.402. The molecule has 148 valence electrons. The van der Waals surface area contributed by atoms with Gasteiger partial charge in [0, 0.05) is 10.8 Å². The van der Waals surface area contributed by atoms with Crippen molar-refractivity contribution in [2.45, 2.75) is 92.6 Å². The van der Waals surface area contributed by atoms with Gasteiger partial charge in [-0.2, -0.15) is 0 Å². The molecule has 2 saturated heterocycles. The molecule has 0 aromatic heterocycles. The molecule has 4 heteroatoms. The SMILES string of the molecule is CCCC(C)(C)C1(CC)OCC2(COC(CC)(C(C)(C)C)OC2)CO1. The van der Waals surface area contributed by atoms with Crippen molar-refractivity contribution in [1.82, 2.24) is 0 Å². The summed E-state index contributed by atoms with van der Waals surface area (Å²) >= 11 is 0. The van der Waals surface area contributed by atoms with Crippen LogP contribution < -0.4 is 0 Å². The summed E-state index contributed by atoms with van der Waals surface area (Å²) in [6, 6.07) is 0. The topological polar surface area (TPSA) is 36.9 Å². The molecule has 0 amide bonds. The third kappa shape index (κ3) is 3.65. The first-order valence-electron chi connectivity index (χ1n) is 10.1. The van der Waals surface area contributed by atoms with Crippen LogP contribution in [0, 0.1) is 16.2 Å². The van der Waals surface area contributed by atoms with E-state index >= 15 is 0 Å². The Kier molecular flexibility index (Phi) is 6.01. The molecule has 25 heavy (non-hydrogen) atoms. The van der Waals surface area contributed by atoms with Gasteiger partial charge in [-0.1, -0.05) is 61.8 Å². The van der Waals surface area contributed by atoms with Crippen molar-refractivity contribution in [1.29, 1.82) is 0 Å².